The summed E-state index contributed by atoms with van der Waals surface area (Å²) < 4.78 is 18.5. The largest absolute Gasteiger partial charge is 0.493 e. The van der Waals surface area contributed by atoms with E-state index in [1.807, 2.05) is 48.5 Å². The van der Waals surface area contributed by atoms with Crippen molar-refractivity contribution in [3.05, 3.63) is 63.0 Å². The third kappa shape index (κ3) is 5.31. The number of carbonyl (C=O) groups is 1. The zero-order chi connectivity index (χ0) is 21.8. The van der Waals surface area contributed by atoms with Crippen LogP contribution in [0.3, 0.4) is 0 Å². The van der Waals surface area contributed by atoms with Gasteiger partial charge >= 0.3 is 0 Å². The van der Waals surface area contributed by atoms with Gasteiger partial charge in [-0.05, 0) is 42.2 Å². The van der Waals surface area contributed by atoms with Crippen LogP contribution < -0.4 is 9.47 Å². The zero-order valence-corrected chi connectivity index (χ0v) is 20.2. The monoisotopic (exact) mass is 519 g/mol. The van der Waals surface area contributed by atoms with Gasteiger partial charge in [0.15, 0.2) is 11.5 Å². The molecule has 2 aliphatic heterocycles. The van der Waals surface area contributed by atoms with Gasteiger partial charge < -0.3 is 14.2 Å². The lowest BCUT2D eigenvalue weighted by Gasteiger charge is -2.18. The number of hydrogen-bond acceptors (Lipinski definition) is 6. The van der Waals surface area contributed by atoms with E-state index < -0.39 is 0 Å². The molecule has 0 bridgehead atoms. The van der Waals surface area contributed by atoms with Crippen molar-refractivity contribution >= 4 is 56.2 Å². The van der Waals surface area contributed by atoms with E-state index in [1.165, 1.54) is 11.8 Å². The molecule has 1 amide bonds. The van der Waals surface area contributed by atoms with Gasteiger partial charge in [-0.1, -0.05) is 70.2 Å². The lowest BCUT2D eigenvalue weighted by Crippen LogP contribution is -2.35. The molecule has 0 unspecified atom stereocenters. The summed E-state index contributed by atoms with van der Waals surface area (Å²) in [5, 5.41) is 0. The summed E-state index contributed by atoms with van der Waals surface area (Å²) in [4.78, 5) is 15.2. The molecule has 2 heterocycles. The molecule has 8 heteroatoms. The number of thiocarbonyl (C=S) groups is 1. The number of thioether (sulfide) groups is 1. The second-order valence-corrected chi connectivity index (χ2v) is 9.76. The van der Waals surface area contributed by atoms with Crippen molar-refractivity contribution in [1.29, 1.82) is 0 Å². The highest BCUT2D eigenvalue weighted by atomic mass is 79.9. The Morgan fingerprint density at radius 2 is 2.10 bits per heavy atom. The Labute approximate surface area is 199 Å². The van der Waals surface area contributed by atoms with Crippen LogP contribution in [-0.2, 0) is 16.1 Å². The molecule has 0 radical (unpaired) electrons. The Hall–Kier alpha value is -1.87. The molecular formula is C23H22BrNO4S2. The summed E-state index contributed by atoms with van der Waals surface area (Å²) >= 11 is 10.4. The fourth-order valence-electron chi connectivity index (χ4n) is 3.46. The van der Waals surface area contributed by atoms with Gasteiger partial charge in [-0.2, -0.15) is 0 Å². The maximum Gasteiger partial charge on any atom is 0.266 e. The van der Waals surface area contributed by atoms with Gasteiger partial charge in [-0.3, -0.25) is 9.69 Å². The van der Waals surface area contributed by atoms with Crippen molar-refractivity contribution in [2.75, 3.05) is 20.3 Å². The summed E-state index contributed by atoms with van der Waals surface area (Å²) in [6, 6.07) is 13.7. The number of benzene rings is 2. The van der Waals surface area contributed by atoms with E-state index in [0.717, 1.165) is 35.0 Å². The smallest absolute Gasteiger partial charge is 0.266 e. The van der Waals surface area contributed by atoms with Crippen LogP contribution in [0.2, 0.25) is 0 Å². The average molecular weight is 520 g/mol. The molecule has 0 aliphatic carbocycles. The van der Waals surface area contributed by atoms with Crippen molar-refractivity contribution in [3.8, 4) is 11.5 Å². The van der Waals surface area contributed by atoms with Crippen molar-refractivity contribution in [3.63, 3.8) is 0 Å². The van der Waals surface area contributed by atoms with Crippen LogP contribution in [0.5, 0.6) is 11.5 Å². The Kier molecular flexibility index (Phi) is 7.32. The highest BCUT2D eigenvalue weighted by Gasteiger charge is 2.34. The third-order valence-electron chi connectivity index (χ3n) is 5.09. The topological polar surface area (TPSA) is 48.0 Å². The van der Waals surface area contributed by atoms with Gasteiger partial charge in [0.2, 0.25) is 0 Å². The standard InChI is InChI=1S/C23H22BrNO4S2/c1-27-19-10-16(18(24)12-20(19)29-14-15-6-3-2-4-7-15)11-21-22(26)25(23(30)31-21)13-17-8-5-9-28-17/h2-4,6-7,10-12,17H,5,8-9,13-14H2,1H3/b21-11-/t17-/m1/s1. The second-order valence-electron chi connectivity index (χ2n) is 7.23. The highest BCUT2D eigenvalue weighted by Crippen LogP contribution is 2.38. The first-order valence-corrected chi connectivity index (χ1v) is 12.0. The van der Waals surface area contributed by atoms with E-state index >= 15 is 0 Å². The number of ether oxygens (including phenoxy) is 3. The van der Waals surface area contributed by atoms with Crippen LogP contribution in [0.25, 0.3) is 6.08 Å². The number of hydrogen-bond donors (Lipinski definition) is 0. The van der Waals surface area contributed by atoms with E-state index in [1.54, 1.807) is 12.0 Å². The van der Waals surface area contributed by atoms with Crippen LogP contribution in [0.15, 0.2) is 51.8 Å². The first-order valence-electron chi connectivity index (χ1n) is 9.96. The van der Waals surface area contributed by atoms with Crippen LogP contribution in [-0.4, -0.2) is 41.5 Å². The van der Waals surface area contributed by atoms with Crippen LogP contribution >= 0.6 is 39.9 Å². The SMILES string of the molecule is COc1cc(/C=C2\SC(=S)N(C[C@H]3CCCO3)C2=O)c(Br)cc1OCc1ccccc1. The lowest BCUT2D eigenvalue weighted by atomic mass is 10.1. The predicted octanol–water partition coefficient (Wildman–Crippen LogP) is 5.42. The maximum absolute atomic E-state index is 12.9. The van der Waals surface area contributed by atoms with Gasteiger partial charge in [0.1, 0.15) is 10.9 Å². The van der Waals surface area contributed by atoms with E-state index in [0.29, 0.717) is 33.9 Å². The van der Waals surface area contributed by atoms with Crippen LogP contribution in [0.4, 0.5) is 0 Å². The van der Waals surface area contributed by atoms with E-state index in [9.17, 15) is 4.79 Å². The quantitative estimate of drug-likeness (QED) is 0.359. The molecule has 2 aliphatic rings. The minimum atomic E-state index is -0.0826. The summed E-state index contributed by atoms with van der Waals surface area (Å²) in [5.41, 5.74) is 1.89. The molecule has 4 rings (SSSR count). The number of amides is 1. The fraction of sp³-hybridized carbons (Fsp3) is 0.304. The first kappa shape index (κ1) is 22.3. The number of rotatable bonds is 7. The Morgan fingerprint density at radius 1 is 1.29 bits per heavy atom. The lowest BCUT2D eigenvalue weighted by molar-refractivity contribution is -0.123. The van der Waals surface area contributed by atoms with Crippen molar-refractivity contribution in [1.82, 2.24) is 4.90 Å². The maximum atomic E-state index is 12.9. The molecule has 0 saturated carbocycles. The highest BCUT2D eigenvalue weighted by molar-refractivity contribution is 9.10. The number of halogens is 1. The molecule has 0 aromatic heterocycles. The number of carbonyl (C=O) groups excluding carboxylic acids is 1. The average Bonchev–Trinajstić information content (AvgIpc) is 3.38. The molecule has 0 N–H and O–H groups in total. The van der Waals surface area contributed by atoms with Crippen LogP contribution in [0.1, 0.15) is 24.0 Å². The summed E-state index contributed by atoms with van der Waals surface area (Å²) in [6.07, 6.45) is 3.89. The summed E-state index contributed by atoms with van der Waals surface area (Å²) in [6.45, 7) is 1.70. The fourth-order valence-corrected chi connectivity index (χ4v) is 5.16. The van der Waals surface area contributed by atoms with Gasteiger partial charge in [-0.15, -0.1) is 0 Å². The number of nitrogens with zero attached hydrogens (tertiary/aromatic N) is 1. The minimum Gasteiger partial charge on any atom is -0.493 e. The molecule has 2 saturated heterocycles. The molecule has 1 atom stereocenters. The van der Waals surface area contributed by atoms with Gasteiger partial charge in [-0.25, -0.2) is 0 Å². The Morgan fingerprint density at radius 3 is 2.81 bits per heavy atom. The molecule has 2 aromatic rings. The molecule has 2 aromatic carbocycles. The second kappa shape index (κ2) is 10.2. The zero-order valence-electron chi connectivity index (χ0n) is 17.0. The molecular weight excluding hydrogens is 498 g/mol. The third-order valence-corrected chi connectivity index (χ3v) is 7.16. The number of methoxy groups -OCH3 is 1. The van der Waals surface area contributed by atoms with Gasteiger partial charge in [0.05, 0.1) is 24.7 Å². The van der Waals surface area contributed by atoms with E-state index in [2.05, 4.69) is 15.9 Å². The van der Waals surface area contributed by atoms with Gasteiger partial charge in [0, 0.05) is 11.1 Å². The normalized spacial score (nSPS) is 20.0. The molecule has 2 fully saturated rings. The predicted molar refractivity (Wildman–Crippen MR) is 130 cm³/mol. The minimum absolute atomic E-state index is 0.0646. The van der Waals surface area contributed by atoms with E-state index in [-0.39, 0.29) is 12.0 Å². The van der Waals surface area contributed by atoms with E-state index in [4.69, 9.17) is 26.4 Å². The van der Waals surface area contributed by atoms with Crippen LogP contribution in [0, 0.1) is 0 Å². The molecule has 31 heavy (non-hydrogen) atoms. The van der Waals surface area contributed by atoms with Gasteiger partial charge in [0.25, 0.3) is 5.91 Å². The van der Waals surface area contributed by atoms with Crippen molar-refractivity contribution < 1.29 is 19.0 Å². The summed E-state index contributed by atoms with van der Waals surface area (Å²) in [7, 11) is 1.60. The molecule has 162 valence electrons. The summed E-state index contributed by atoms with van der Waals surface area (Å²) in [5.74, 6) is 1.14. The van der Waals surface area contributed by atoms with Crippen molar-refractivity contribution in [2.45, 2.75) is 25.6 Å². The first-order chi connectivity index (χ1) is 15.0. The Bertz CT molecular complexity index is 1010. The van der Waals surface area contributed by atoms with Crippen molar-refractivity contribution in [2.24, 2.45) is 0 Å². The molecule has 0 spiro atoms. The Balaban J connectivity index is 1.51. The molecule has 5 nitrogen and oxygen atoms in total.